The van der Waals surface area contributed by atoms with Gasteiger partial charge >= 0.3 is 5.97 Å². The Morgan fingerprint density at radius 3 is 2.60 bits per heavy atom. The number of rotatable bonds is 4. The molecule has 0 bridgehead atoms. The number of aliphatic hydroxyl groups is 1. The Morgan fingerprint density at radius 1 is 1.10 bits per heavy atom. The predicted molar refractivity (Wildman–Crippen MR) is 119 cm³/mol. The molecule has 0 fully saturated rings. The molecule has 0 amide bonds. The van der Waals surface area contributed by atoms with Crippen molar-refractivity contribution >= 4 is 45.3 Å². The number of aliphatic imine (C=N–C) groups is 1. The lowest BCUT2D eigenvalue weighted by atomic mass is 10.1. The maximum absolute atomic E-state index is 13.2. The summed E-state index contributed by atoms with van der Waals surface area (Å²) < 4.78 is 18.3. The summed E-state index contributed by atoms with van der Waals surface area (Å²) in [6.45, 7) is 1.88. The van der Waals surface area contributed by atoms with E-state index >= 15 is 0 Å². The topological polar surface area (TPSA) is 58.9 Å². The van der Waals surface area contributed by atoms with E-state index in [0.717, 1.165) is 10.8 Å². The number of carbonyl (C=O) groups is 1. The van der Waals surface area contributed by atoms with Gasteiger partial charge in [0.25, 0.3) is 0 Å². The van der Waals surface area contributed by atoms with E-state index in [9.17, 15) is 14.3 Å². The SMILES string of the molecule is CCOC(=O)C1=C(O)/C(=C\c2ccc(F)cc2)SC1=Nc1cccc2ccccc12. The van der Waals surface area contributed by atoms with Gasteiger partial charge in [0.05, 0.1) is 17.2 Å². The molecule has 1 N–H and O–H groups in total. The van der Waals surface area contributed by atoms with E-state index in [-0.39, 0.29) is 23.8 Å². The van der Waals surface area contributed by atoms with Crippen molar-refractivity contribution in [3.05, 3.63) is 94.3 Å². The average molecular weight is 419 g/mol. The van der Waals surface area contributed by atoms with E-state index in [2.05, 4.69) is 4.99 Å². The molecule has 1 aliphatic heterocycles. The minimum atomic E-state index is -0.635. The number of halogens is 1. The molecular weight excluding hydrogens is 401 g/mol. The third-order valence-electron chi connectivity index (χ3n) is 4.53. The molecule has 4 rings (SSSR count). The standard InChI is InChI=1S/C24H18FNO3S/c1-2-29-24(28)21-22(27)20(14-15-10-12-17(25)13-11-15)30-23(21)26-19-9-5-7-16-6-3-4-8-18(16)19/h3-14,27H,2H2,1H3/b20-14+,26-23?. The Morgan fingerprint density at radius 2 is 1.83 bits per heavy atom. The number of carbonyl (C=O) groups excluding carboxylic acids is 1. The first-order valence-corrected chi connectivity index (χ1v) is 10.2. The van der Waals surface area contributed by atoms with Crippen molar-refractivity contribution in [2.75, 3.05) is 6.61 Å². The van der Waals surface area contributed by atoms with E-state index in [0.29, 0.717) is 21.2 Å². The Labute approximate surface area is 177 Å². The second kappa shape index (κ2) is 8.55. The molecule has 0 atom stereocenters. The maximum Gasteiger partial charge on any atom is 0.344 e. The molecule has 3 aromatic carbocycles. The highest BCUT2D eigenvalue weighted by molar-refractivity contribution is 8.18. The fourth-order valence-electron chi connectivity index (χ4n) is 3.12. The van der Waals surface area contributed by atoms with Crippen LogP contribution in [0.15, 0.2) is 88.0 Å². The van der Waals surface area contributed by atoms with Gasteiger partial charge in [0.15, 0.2) is 0 Å². The van der Waals surface area contributed by atoms with E-state index < -0.39 is 5.97 Å². The number of ether oxygens (including phenoxy) is 1. The number of hydrogen-bond donors (Lipinski definition) is 1. The molecule has 0 radical (unpaired) electrons. The second-order valence-electron chi connectivity index (χ2n) is 6.52. The zero-order valence-electron chi connectivity index (χ0n) is 16.1. The molecule has 0 unspecified atom stereocenters. The third kappa shape index (κ3) is 4.00. The van der Waals surface area contributed by atoms with Gasteiger partial charge in [0.1, 0.15) is 22.2 Å². The first kappa shape index (κ1) is 19.9. The summed E-state index contributed by atoms with van der Waals surface area (Å²) in [5.41, 5.74) is 1.41. The largest absolute Gasteiger partial charge is 0.506 e. The summed E-state index contributed by atoms with van der Waals surface area (Å²) in [4.78, 5) is 17.7. The monoisotopic (exact) mass is 419 g/mol. The number of esters is 1. The summed E-state index contributed by atoms with van der Waals surface area (Å²) in [6, 6.07) is 19.4. The minimum Gasteiger partial charge on any atom is -0.506 e. The van der Waals surface area contributed by atoms with Crippen LogP contribution in [0.25, 0.3) is 16.8 Å². The Kier molecular flexibility index (Phi) is 5.68. The highest BCUT2D eigenvalue weighted by Gasteiger charge is 2.33. The minimum absolute atomic E-state index is 0.0307. The van der Waals surface area contributed by atoms with Crippen molar-refractivity contribution in [2.45, 2.75) is 6.92 Å². The number of benzene rings is 3. The number of nitrogens with zero attached hydrogens (tertiary/aromatic N) is 1. The summed E-state index contributed by atoms with van der Waals surface area (Å²) in [7, 11) is 0. The summed E-state index contributed by atoms with van der Waals surface area (Å²) in [5, 5.41) is 13.1. The van der Waals surface area contributed by atoms with Crippen molar-refractivity contribution in [1.82, 2.24) is 0 Å². The van der Waals surface area contributed by atoms with Crippen LogP contribution < -0.4 is 0 Å². The first-order chi connectivity index (χ1) is 14.6. The van der Waals surface area contributed by atoms with Gasteiger partial charge in [-0.05, 0) is 42.1 Å². The fraction of sp³-hybridized carbons (Fsp3) is 0.0833. The van der Waals surface area contributed by atoms with Gasteiger partial charge in [-0.15, -0.1) is 0 Å². The van der Waals surface area contributed by atoms with Crippen LogP contribution in [0.5, 0.6) is 0 Å². The van der Waals surface area contributed by atoms with Crippen LogP contribution in [0.2, 0.25) is 0 Å². The van der Waals surface area contributed by atoms with E-state index in [1.807, 2.05) is 42.5 Å². The number of thioether (sulfide) groups is 1. The molecule has 6 heteroatoms. The molecule has 0 saturated heterocycles. The zero-order valence-corrected chi connectivity index (χ0v) is 16.9. The van der Waals surface area contributed by atoms with Crippen LogP contribution in [0, 0.1) is 5.82 Å². The third-order valence-corrected chi connectivity index (χ3v) is 5.55. The summed E-state index contributed by atoms with van der Waals surface area (Å²) >= 11 is 1.18. The van der Waals surface area contributed by atoms with Crippen molar-refractivity contribution in [2.24, 2.45) is 4.99 Å². The molecule has 30 heavy (non-hydrogen) atoms. The molecule has 4 nitrogen and oxygen atoms in total. The quantitative estimate of drug-likeness (QED) is 0.514. The molecule has 0 aromatic heterocycles. The molecule has 1 heterocycles. The lowest BCUT2D eigenvalue weighted by molar-refractivity contribution is -0.138. The molecule has 3 aromatic rings. The molecule has 0 saturated carbocycles. The highest BCUT2D eigenvalue weighted by atomic mass is 32.2. The van der Waals surface area contributed by atoms with E-state index in [4.69, 9.17) is 4.74 Å². The number of hydrogen-bond acceptors (Lipinski definition) is 5. The van der Waals surface area contributed by atoms with Crippen molar-refractivity contribution in [1.29, 1.82) is 0 Å². The number of fused-ring (bicyclic) bond motifs is 1. The Bertz CT molecular complexity index is 1210. The zero-order chi connectivity index (χ0) is 21.1. The lowest BCUT2D eigenvalue weighted by Crippen LogP contribution is -2.12. The molecule has 1 aliphatic rings. The lowest BCUT2D eigenvalue weighted by Gasteiger charge is -2.05. The predicted octanol–water partition coefficient (Wildman–Crippen LogP) is 6.17. The van der Waals surface area contributed by atoms with Gasteiger partial charge in [0, 0.05) is 5.39 Å². The highest BCUT2D eigenvalue weighted by Crippen LogP contribution is 2.41. The van der Waals surface area contributed by atoms with Crippen LogP contribution in [-0.4, -0.2) is 22.7 Å². The van der Waals surface area contributed by atoms with Gasteiger partial charge in [-0.25, -0.2) is 14.2 Å². The van der Waals surface area contributed by atoms with Crippen molar-refractivity contribution < 1.29 is 19.0 Å². The van der Waals surface area contributed by atoms with Gasteiger partial charge in [-0.2, -0.15) is 0 Å². The van der Waals surface area contributed by atoms with Gasteiger partial charge in [-0.3, -0.25) is 0 Å². The van der Waals surface area contributed by atoms with Crippen LogP contribution >= 0.6 is 11.8 Å². The van der Waals surface area contributed by atoms with Gasteiger partial charge in [0.2, 0.25) is 0 Å². The smallest absolute Gasteiger partial charge is 0.344 e. The Hall–Kier alpha value is -3.38. The van der Waals surface area contributed by atoms with E-state index in [1.54, 1.807) is 25.1 Å². The average Bonchev–Trinajstić information content (AvgIpc) is 3.05. The van der Waals surface area contributed by atoms with Crippen molar-refractivity contribution in [3.63, 3.8) is 0 Å². The summed E-state index contributed by atoms with van der Waals surface area (Å²) in [5.74, 6) is -1.17. The number of aliphatic hydroxyl groups excluding tert-OH is 1. The molecular formula is C24H18FNO3S. The fourth-order valence-corrected chi connectivity index (χ4v) is 4.15. The second-order valence-corrected chi connectivity index (χ2v) is 7.55. The normalized spacial score (nSPS) is 16.6. The summed E-state index contributed by atoms with van der Waals surface area (Å²) in [6.07, 6.45) is 1.68. The van der Waals surface area contributed by atoms with E-state index in [1.165, 1.54) is 23.9 Å². The van der Waals surface area contributed by atoms with Gasteiger partial charge < -0.3 is 9.84 Å². The Balaban J connectivity index is 1.81. The van der Waals surface area contributed by atoms with Crippen LogP contribution in [-0.2, 0) is 9.53 Å². The molecule has 150 valence electrons. The maximum atomic E-state index is 13.2. The van der Waals surface area contributed by atoms with Crippen LogP contribution in [0.4, 0.5) is 10.1 Å². The molecule has 0 aliphatic carbocycles. The van der Waals surface area contributed by atoms with Crippen molar-refractivity contribution in [3.8, 4) is 0 Å². The first-order valence-electron chi connectivity index (χ1n) is 9.39. The van der Waals surface area contributed by atoms with Crippen LogP contribution in [0.3, 0.4) is 0 Å². The molecule has 0 spiro atoms. The van der Waals surface area contributed by atoms with Crippen LogP contribution in [0.1, 0.15) is 12.5 Å². The van der Waals surface area contributed by atoms with Gasteiger partial charge in [-0.1, -0.05) is 60.3 Å².